The van der Waals surface area contributed by atoms with Crippen molar-refractivity contribution in [3.8, 4) is 0 Å². The third kappa shape index (κ3) is 2.40. The van der Waals surface area contributed by atoms with Crippen LogP contribution in [0.2, 0.25) is 0 Å². The van der Waals surface area contributed by atoms with E-state index in [1.54, 1.807) is 5.57 Å². The molecule has 3 aliphatic rings. The molecule has 0 aliphatic heterocycles. The lowest BCUT2D eigenvalue weighted by Gasteiger charge is -2.59. The number of hydrogen-bond acceptors (Lipinski definition) is 1. The average Bonchev–Trinajstić information content (AvgIpc) is 2.46. The number of rotatable bonds is 2. The molecular weight excluding hydrogens is 256 g/mol. The molecule has 21 heavy (non-hydrogen) atoms. The van der Waals surface area contributed by atoms with E-state index in [4.69, 9.17) is 0 Å². The van der Waals surface area contributed by atoms with Gasteiger partial charge in [0.25, 0.3) is 0 Å². The average molecular weight is 290 g/mol. The second-order valence-electron chi connectivity index (χ2n) is 9.08. The molecule has 2 fully saturated rings. The van der Waals surface area contributed by atoms with Crippen molar-refractivity contribution in [2.24, 2.45) is 34.5 Å². The van der Waals surface area contributed by atoms with E-state index in [1.165, 1.54) is 44.9 Å². The highest BCUT2D eigenvalue weighted by atomic mass is 16.3. The minimum atomic E-state index is 0.157. The molecule has 0 heterocycles. The van der Waals surface area contributed by atoms with E-state index in [0.717, 1.165) is 17.8 Å². The molecular formula is C20H34O. The summed E-state index contributed by atoms with van der Waals surface area (Å²) in [5.41, 5.74) is 2.38. The third-order valence-corrected chi connectivity index (χ3v) is 7.59. The predicted molar refractivity (Wildman–Crippen MR) is 89.0 cm³/mol. The Labute approximate surface area is 131 Å². The molecule has 2 saturated carbocycles. The Morgan fingerprint density at radius 1 is 1.24 bits per heavy atom. The summed E-state index contributed by atoms with van der Waals surface area (Å²) in [6, 6.07) is 0. The first-order chi connectivity index (χ1) is 9.90. The summed E-state index contributed by atoms with van der Waals surface area (Å²) in [5.74, 6) is 3.22. The van der Waals surface area contributed by atoms with E-state index in [1.807, 2.05) is 0 Å². The van der Waals surface area contributed by atoms with Gasteiger partial charge in [-0.3, -0.25) is 0 Å². The molecule has 5 atom stereocenters. The summed E-state index contributed by atoms with van der Waals surface area (Å²) < 4.78 is 0. The molecule has 1 N–H and O–H groups in total. The van der Waals surface area contributed by atoms with Gasteiger partial charge in [0.2, 0.25) is 0 Å². The third-order valence-electron chi connectivity index (χ3n) is 7.59. The summed E-state index contributed by atoms with van der Waals surface area (Å²) >= 11 is 0. The number of aliphatic hydroxyl groups excluding tert-OH is 1. The van der Waals surface area contributed by atoms with Gasteiger partial charge in [-0.1, -0.05) is 45.8 Å². The van der Waals surface area contributed by atoms with Crippen LogP contribution in [0.3, 0.4) is 0 Å². The zero-order chi connectivity index (χ0) is 15.3. The molecule has 0 radical (unpaired) electrons. The second-order valence-corrected chi connectivity index (χ2v) is 9.08. The smallest absolute Gasteiger partial charge is 0.0487 e. The minimum absolute atomic E-state index is 0.157. The Hall–Kier alpha value is -0.300. The standard InChI is InChI=1S/C20H34O/c1-14(2)15-6-8-17-16(12-15)7-9-18-19(3,13-21)10-5-11-20(17,18)4/h7,14-15,17-18,21H,5-6,8-13H2,1-4H3/t15?,17-,18?,19-,20-/m1/s1. The number of allylic oxidation sites excluding steroid dienone is 2. The Bertz CT molecular complexity index is 424. The zero-order valence-electron chi connectivity index (χ0n) is 14.5. The second kappa shape index (κ2) is 5.41. The summed E-state index contributed by atoms with van der Waals surface area (Å²) in [5, 5.41) is 9.99. The van der Waals surface area contributed by atoms with Crippen LogP contribution in [0.1, 0.15) is 72.6 Å². The Morgan fingerprint density at radius 3 is 2.67 bits per heavy atom. The van der Waals surface area contributed by atoms with Crippen LogP contribution >= 0.6 is 0 Å². The first kappa shape index (κ1) is 15.6. The molecule has 0 spiro atoms. The summed E-state index contributed by atoms with van der Waals surface area (Å²) in [4.78, 5) is 0. The summed E-state index contributed by atoms with van der Waals surface area (Å²) in [7, 11) is 0. The van der Waals surface area contributed by atoms with Gasteiger partial charge in [0.05, 0.1) is 0 Å². The van der Waals surface area contributed by atoms with Crippen molar-refractivity contribution in [1.29, 1.82) is 0 Å². The highest BCUT2D eigenvalue weighted by Crippen LogP contribution is 2.62. The molecule has 3 aliphatic carbocycles. The largest absolute Gasteiger partial charge is 0.396 e. The fourth-order valence-corrected chi connectivity index (χ4v) is 6.11. The minimum Gasteiger partial charge on any atom is -0.396 e. The van der Waals surface area contributed by atoms with E-state index in [0.29, 0.717) is 17.9 Å². The molecule has 2 unspecified atom stereocenters. The van der Waals surface area contributed by atoms with E-state index in [-0.39, 0.29) is 5.41 Å². The van der Waals surface area contributed by atoms with Crippen molar-refractivity contribution < 1.29 is 5.11 Å². The number of hydrogen-bond donors (Lipinski definition) is 1. The van der Waals surface area contributed by atoms with Crippen LogP contribution in [0, 0.1) is 34.5 Å². The molecule has 0 saturated heterocycles. The molecule has 120 valence electrons. The lowest BCUT2D eigenvalue weighted by molar-refractivity contribution is -0.0797. The lowest BCUT2D eigenvalue weighted by Crippen LogP contribution is -2.52. The first-order valence-corrected chi connectivity index (χ1v) is 9.20. The van der Waals surface area contributed by atoms with Crippen LogP contribution in [-0.4, -0.2) is 11.7 Å². The quantitative estimate of drug-likeness (QED) is 0.694. The number of fused-ring (bicyclic) bond motifs is 3. The molecule has 1 heteroatoms. The van der Waals surface area contributed by atoms with Gasteiger partial charge >= 0.3 is 0 Å². The van der Waals surface area contributed by atoms with Gasteiger partial charge in [0, 0.05) is 6.61 Å². The van der Waals surface area contributed by atoms with Crippen LogP contribution in [0.4, 0.5) is 0 Å². The van der Waals surface area contributed by atoms with Crippen molar-refractivity contribution in [3.05, 3.63) is 11.6 Å². The van der Waals surface area contributed by atoms with Crippen molar-refractivity contribution in [1.82, 2.24) is 0 Å². The van der Waals surface area contributed by atoms with Crippen LogP contribution in [0.15, 0.2) is 11.6 Å². The molecule has 1 nitrogen and oxygen atoms in total. The lowest BCUT2D eigenvalue weighted by atomic mass is 9.46. The maximum absolute atomic E-state index is 9.99. The zero-order valence-corrected chi connectivity index (χ0v) is 14.5. The molecule has 0 aromatic heterocycles. The van der Waals surface area contributed by atoms with Crippen LogP contribution in [0.25, 0.3) is 0 Å². The van der Waals surface area contributed by atoms with Gasteiger partial charge in [0.15, 0.2) is 0 Å². The van der Waals surface area contributed by atoms with Crippen LogP contribution in [0.5, 0.6) is 0 Å². The monoisotopic (exact) mass is 290 g/mol. The van der Waals surface area contributed by atoms with Gasteiger partial charge in [0.1, 0.15) is 0 Å². The molecule has 0 amide bonds. The van der Waals surface area contributed by atoms with Gasteiger partial charge in [-0.15, -0.1) is 0 Å². The topological polar surface area (TPSA) is 20.2 Å². The molecule has 0 bridgehead atoms. The fourth-order valence-electron chi connectivity index (χ4n) is 6.11. The maximum atomic E-state index is 9.99. The molecule has 0 aromatic rings. The van der Waals surface area contributed by atoms with Gasteiger partial charge in [-0.25, -0.2) is 0 Å². The predicted octanol–water partition coefficient (Wildman–Crippen LogP) is 5.19. The van der Waals surface area contributed by atoms with Crippen molar-refractivity contribution in [2.45, 2.75) is 72.6 Å². The highest BCUT2D eigenvalue weighted by Gasteiger charge is 2.54. The highest BCUT2D eigenvalue weighted by molar-refractivity contribution is 5.22. The SMILES string of the molecule is CC(C)C1CC[C@@H]2C(=CCC3[C@@](C)(CO)CCC[C@@]32C)C1. The van der Waals surface area contributed by atoms with Crippen LogP contribution in [-0.2, 0) is 0 Å². The van der Waals surface area contributed by atoms with Gasteiger partial charge in [-0.2, -0.15) is 0 Å². The van der Waals surface area contributed by atoms with Gasteiger partial charge < -0.3 is 5.11 Å². The first-order valence-electron chi connectivity index (χ1n) is 9.20. The van der Waals surface area contributed by atoms with E-state index in [9.17, 15) is 5.11 Å². The van der Waals surface area contributed by atoms with Crippen LogP contribution < -0.4 is 0 Å². The normalized spacial score (nSPS) is 46.8. The van der Waals surface area contributed by atoms with E-state index >= 15 is 0 Å². The van der Waals surface area contributed by atoms with Crippen molar-refractivity contribution in [3.63, 3.8) is 0 Å². The van der Waals surface area contributed by atoms with E-state index in [2.05, 4.69) is 33.8 Å². The Balaban J connectivity index is 1.89. The Kier molecular flexibility index (Phi) is 4.01. The van der Waals surface area contributed by atoms with Gasteiger partial charge in [-0.05, 0) is 73.0 Å². The fraction of sp³-hybridized carbons (Fsp3) is 0.900. The summed E-state index contributed by atoms with van der Waals surface area (Å²) in [6.07, 6.45) is 11.9. The molecule has 0 aromatic carbocycles. The molecule has 3 rings (SSSR count). The van der Waals surface area contributed by atoms with Crippen molar-refractivity contribution >= 4 is 0 Å². The van der Waals surface area contributed by atoms with Crippen molar-refractivity contribution in [2.75, 3.05) is 6.61 Å². The van der Waals surface area contributed by atoms with E-state index < -0.39 is 0 Å². The summed E-state index contributed by atoms with van der Waals surface area (Å²) in [6.45, 7) is 10.0. The Morgan fingerprint density at radius 2 is 2.00 bits per heavy atom. The maximum Gasteiger partial charge on any atom is 0.0487 e. The number of aliphatic hydroxyl groups is 1.